The summed E-state index contributed by atoms with van der Waals surface area (Å²) in [4.78, 5) is 15.4. The molecule has 2 saturated heterocycles. The Morgan fingerprint density at radius 3 is 2.43 bits per heavy atom. The van der Waals surface area contributed by atoms with Crippen LogP contribution in [0.3, 0.4) is 0 Å². The summed E-state index contributed by atoms with van der Waals surface area (Å²) in [7, 11) is -3.69. The lowest BCUT2D eigenvalue weighted by Crippen LogP contribution is -2.38. The first-order chi connectivity index (χ1) is 17.0. The maximum absolute atomic E-state index is 13.7. The van der Waals surface area contributed by atoms with E-state index in [1.165, 1.54) is 0 Å². The number of amides is 1. The lowest BCUT2D eigenvalue weighted by atomic mass is 10.1. The first-order valence-electron chi connectivity index (χ1n) is 12.5. The van der Waals surface area contributed by atoms with E-state index in [2.05, 4.69) is 20.4 Å². The number of carbonyl (C=O) groups is 1. The molecule has 1 N–H and O–H groups in total. The van der Waals surface area contributed by atoms with Crippen LogP contribution in [-0.4, -0.2) is 66.0 Å². The summed E-state index contributed by atoms with van der Waals surface area (Å²) in [5.41, 5.74) is 1.82. The van der Waals surface area contributed by atoms with E-state index in [1.807, 2.05) is 34.9 Å². The summed E-state index contributed by atoms with van der Waals surface area (Å²) in [6.07, 6.45) is 8.45. The van der Waals surface area contributed by atoms with Gasteiger partial charge in [-0.3, -0.25) is 9.20 Å². The molecule has 186 valence electrons. The van der Waals surface area contributed by atoms with Gasteiger partial charge < -0.3 is 10.2 Å². The van der Waals surface area contributed by atoms with Crippen LogP contribution in [0.2, 0.25) is 0 Å². The molecule has 9 nitrogen and oxygen atoms in total. The van der Waals surface area contributed by atoms with Crippen LogP contribution in [0.1, 0.15) is 54.7 Å². The maximum atomic E-state index is 13.7. The van der Waals surface area contributed by atoms with Gasteiger partial charge >= 0.3 is 0 Å². The Bertz CT molecular complexity index is 1290. The predicted octanol–water partition coefficient (Wildman–Crippen LogP) is 2.87. The van der Waals surface area contributed by atoms with Crippen molar-refractivity contribution in [2.45, 2.75) is 49.8 Å². The number of sulfonamides is 1. The third-order valence-corrected chi connectivity index (χ3v) is 8.80. The molecule has 0 unspecified atom stereocenters. The number of pyridine rings is 1. The van der Waals surface area contributed by atoms with Crippen molar-refractivity contribution >= 4 is 27.3 Å². The van der Waals surface area contributed by atoms with Gasteiger partial charge in [0.2, 0.25) is 10.0 Å². The first-order valence-corrected chi connectivity index (χ1v) is 13.9. The molecule has 1 amide bonds. The molecular weight excluding hydrogens is 464 g/mol. The minimum atomic E-state index is -3.69. The van der Waals surface area contributed by atoms with E-state index in [-0.39, 0.29) is 10.8 Å². The molecule has 0 atom stereocenters. The molecule has 3 aromatic rings. The maximum Gasteiger partial charge on any atom is 0.251 e. The van der Waals surface area contributed by atoms with Crippen LogP contribution in [0.25, 0.3) is 5.65 Å². The number of hydrogen-bond donors (Lipinski definition) is 1. The molecule has 2 aliphatic rings. The van der Waals surface area contributed by atoms with Crippen molar-refractivity contribution in [2.75, 3.05) is 37.6 Å². The van der Waals surface area contributed by atoms with Gasteiger partial charge in [0.05, 0.1) is 5.69 Å². The van der Waals surface area contributed by atoms with Crippen molar-refractivity contribution in [1.82, 2.24) is 24.2 Å². The Morgan fingerprint density at radius 1 is 0.914 bits per heavy atom. The number of fused-ring (bicyclic) bond motifs is 1. The van der Waals surface area contributed by atoms with Gasteiger partial charge in [-0.15, -0.1) is 10.2 Å². The fraction of sp³-hybridized carbons (Fsp3) is 0.480. The largest absolute Gasteiger partial charge is 0.370 e. The molecular formula is C25H32N6O3S. The highest BCUT2D eigenvalue weighted by atomic mass is 32.2. The molecule has 2 aromatic heterocycles. The van der Waals surface area contributed by atoms with Gasteiger partial charge in [0, 0.05) is 50.9 Å². The van der Waals surface area contributed by atoms with Gasteiger partial charge in [-0.05, 0) is 62.4 Å². The van der Waals surface area contributed by atoms with E-state index >= 15 is 0 Å². The number of hydrogen-bond acceptors (Lipinski definition) is 6. The van der Waals surface area contributed by atoms with Crippen molar-refractivity contribution in [3.05, 3.63) is 54.0 Å². The van der Waals surface area contributed by atoms with Crippen molar-refractivity contribution in [1.29, 1.82) is 0 Å². The Hall–Kier alpha value is -2.98. The SMILES string of the molecule is O=C(NCCc1nnc2ccccn12)c1ccc(N2CCCCC2)c(S(=O)(=O)N2CCCCC2)c1. The average molecular weight is 497 g/mol. The van der Waals surface area contributed by atoms with Gasteiger partial charge in [0.15, 0.2) is 5.65 Å². The smallest absolute Gasteiger partial charge is 0.251 e. The van der Waals surface area contributed by atoms with Crippen LogP contribution in [0.4, 0.5) is 5.69 Å². The number of nitrogens with one attached hydrogen (secondary N) is 1. The molecule has 0 saturated carbocycles. The fourth-order valence-corrected chi connectivity index (χ4v) is 6.71. The molecule has 10 heteroatoms. The highest BCUT2D eigenvalue weighted by molar-refractivity contribution is 7.89. The lowest BCUT2D eigenvalue weighted by molar-refractivity contribution is 0.0953. The molecule has 5 rings (SSSR count). The normalized spacial score (nSPS) is 17.5. The summed E-state index contributed by atoms with van der Waals surface area (Å²) in [5, 5.41) is 11.3. The zero-order valence-electron chi connectivity index (χ0n) is 19.9. The number of benzene rings is 1. The molecule has 4 heterocycles. The van der Waals surface area contributed by atoms with Crippen LogP contribution in [0, 0.1) is 0 Å². The lowest BCUT2D eigenvalue weighted by Gasteiger charge is -2.33. The van der Waals surface area contributed by atoms with E-state index < -0.39 is 10.0 Å². The van der Waals surface area contributed by atoms with Gasteiger partial charge in [-0.2, -0.15) is 4.31 Å². The van der Waals surface area contributed by atoms with Gasteiger partial charge in [0.25, 0.3) is 5.91 Å². The number of rotatable bonds is 7. The number of aromatic nitrogens is 3. The van der Waals surface area contributed by atoms with Crippen LogP contribution < -0.4 is 10.2 Å². The quantitative estimate of drug-likeness (QED) is 0.540. The number of carbonyl (C=O) groups excluding carboxylic acids is 1. The van der Waals surface area contributed by atoms with E-state index in [1.54, 1.807) is 16.4 Å². The molecule has 35 heavy (non-hydrogen) atoms. The molecule has 0 aliphatic carbocycles. The highest BCUT2D eigenvalue weighted by Gasteiger charge is 2.31. The van der Waals surface area contributed by atoms with E-state index in [4.69, 9.17) is 0 Å². The number of nitrogens with zero attached hydrogens (tertiary/aromatic N) is 5. The van der Waals surface area contributed by atoms with Crippen LogP contribution in [0.5, 0.6) is 0 Å². The first kappa shape index (κ1) is 23.7. The third-order valence-electron chi connectivity index (χ3n) is 6.87. The Kier molecular flexibility index (Phi) is 7.01. The third kappa shape index (κ3) is 5.04. The van der Waals surface area contributed by atoms with Gasteiger partial charge in [-0.1, -0.05) is 12.5 Å². The van der Waals surface area contributed by atoms with E-state index in [9.17, 15) is 13.2 Å². The van der Waals surface area contributed by atoms with Crippen LogP contribution in [0.15, 0.2) is 47.5 Å². The molecule has 0 bridgehead atoms. The van der Waals surface area contributed by atoms with Gasteiger partial charge in [-0.25, -0.2) is 8.42 Å². The summed E-state index contributed by atoms with van der Waals surface area (Å²) in [5.74, 6) is 0.467. The minimum absolute atomic E-state index is 0.248. The van der Waals surface area contributed by atoms with Crippen LogP contribution >= 0.6 is 0 Å². The second-order valence-electron chi connectivity index (χ2n) is 9.25. The summed E-state index contributed by atoms with van der Waals surface area (Å²) < 4.78 is 30.8. The van der Waals surface area contributed by atoms with Gasteiger partial charge in [0.1, 0.15) is 10.7 Å². The van der Waals surface area contributed by atoms with E-state index in [0.717, 1.165) is 63.1 Å². The summed E-state index contributed by atoms with van der Waals surface area (Å²) in [6, 6.07) is 10.8. The standard InChI is InChI=1S/C25H32N6O3S/c32-25(26-13-12-24-28-27-23-9-3-8-18-31(23)24)20-10-11-21(29-14-4-1-5-15-29)22(19-20)35(33,34)30-16-6-2-7-17-30/h3,8-11,18-19H,1-2,4-7,12-17H2,(H,26,32). The molecule has 1 aromatic carbocycles. The second-order valence-corrected chi connectivity index (χ2v) is 11.2. The van der Waals surface area contributed by atoms with E-state index in [0.29, 0.717) is 37.3 Å². The average Bonchev–Trinajstić information content (AvgIpc) is 3.32. The predicted molar refractivity (Wildman–Crippen MR) is 134 cm³/mol. The van der Waals surface area contributed by atoms with Crippen LogP contribution in [-0.2, 0) is 16.4 Å². The second kappa shape index (κ2) is 10.3. The Morgan fingerprint density at radius 2 is 1.66 bits per heavy atom. The minimum Gasteiger partial charge on any atom is -0.370 e. The zero-order valence-corrected chi connectivity index (χ0v) is 20.7. The molecule has 0 spiro atoms. The van der Waals surface area contributed by atoms with Crippen molar-refractivity contribution in [3.8, 4) is 0 Å². The van der Waals surface area contributed by atoms with Crippen molar-refractivity contribution in [3.63, 3.8) is 0 Å². The fourth-order valence-electron chi connectivity index (χ4n) is 4.95. The zero-order chi connectivity index (χ0) is 24.3. The molecule has 2 aliphatic heterocycles. The van der Waals surface area contributed by atoms with Crippen molar-refractivity contribution < 1.29 is 13.2 Å². The highest BCUT2D eigenvalue weighted by Crippen LogP contribution is 2.32. The number of piperidine rings is 2. The molecule has 0 radical (unpaired) electrons. The Balaban J connectivity index is 1.36. The number of anilines is 1. The topological polar surface area (TPSA) is 99.9 Å². The van der Waals surface area contributed by atoms with Crippen molar-refractivity contribution in [2.24, 2.45) is 0 Å². The molecule has 2 fully saturated rings. The summed E-state index contributed by atoms with van der Waals surface area (Å²) >= 11 is 0. The monoisotopic (exact) mass is 496 g/mol. The Labute approximate surface area is 206 Å². The summed E-state index contributed by atoms with van der Waals surface area (Å²) in [6.45, 7) is 3.10.